The number of likely N-dealkylation sites (N-methyl/N-ethyl adjacent to an activating group) is 1. The Bertz CT molecular complexity index is 992. The first-order valence-electron chi connectivity index (χ1n) is 9.34. The van der Waals surface area contributed by atoms with Crippen LogP contribution >= 0.6 is 0 Å². The summed E-state index contributed by atoms with van der Waals surface area (Å²) in [6, 6.07) is 22.9. The number of carbonyl (C=O) groups is 2. The monoisotopic (exact) mass is 405 g/mol. The predicted molar refractivity (Wildman–Crippen MR) is 116 cm³/mol. The molecule has 0 saturated carbocycles. The Labute approximate surface area is 175 Å². The third kappa shape index (κ3) is 6.00. The van der Waals surface area contributed by atoms with E-state index in [1.165, 1.54) is 4.90 Å². The van der Waals surface area contributed by atoms with Gasteiger partial charge in [-0.1, -0.05) is 36.4 Å². The molecule has 0 atom stereocenters. The van der Waals surface area contributed by atoms with Gasteiger partial charge in [-0.2, -0.15) is 0 Å². The van der Waals surface area contributed by atoms with Gasteiger partial charge in [0.25, 0.3) is 5.91 Å². The number of urea groups is 1. The number of carbonyl (C=O) groups excluding carboxylic acids is 2. The number of anilines is 2. The van der Waals surface area contributed by atoms with Gasteiger partial charge in [-0.3, -0.25) is 4.79 Å². The van der Waals surface area contributed by atoms with Crippen LogP contribution in [0.1, 0.15) is 0 Å². The number of para-hydroxylation sites is 2. The average molecular weight is 405 g/mol. The molecule has 3 rings (SSSR count). The molecule has 0 aromatic heterocycles. The second kappa shape index (κ2) is 9.97. The molecule has 0 spiro atoms. The fourth-order valence-corrected chi connectivity index (χ4v) is 2.48. The molecule has 0 radical (unpaired) electrons. The fourth-order valence-electron chi connectivity index (χ4n) is 2.48. The van der Waals surface area contributed by atoms with Gasteiger partial charge >= 0.3 is 6.03 Å². The van der Waals surface area contributed by atoms with Gasteiger partial charge in [-0.15, -0.1) is 0 Å². The molecule has 0 saturated heterocycles. The maximum atomic E-state index is 12.3. The first kappa shape index (κ1) is 20.7. The van der Waals surface area contributed by atoms with E-state index in [1.54, 1.807) is 44.4 Å². The molecule has 154 valence electrons. The van der Waals surface area contributed by atoms with Crippen molar-refractivity contribution in [3.63, 3.8) is 0 Å². The van der Waals surface area contributed by atoms with E-state index in [-0.39, 0.29) is 12.5 Å². The first-order valence-corrected chi connectivity index (χ1v) is 9.34. The van der Waals surface area contributed by atoms with Gasteiger partial charge < -0.3 is 25.0 Å². The number of benzene rings is 3. The Balaban J connectivity index is 1.76. The number of ether oxygens (including phenoxy) is 2. The van der Waals surface area contributed by atoms with Gasteiger partial charge in [0.2, 0.25) is 0 Å². The summed E-state index contributed by atoms with van der Waals surface area (Å²) >= 11 is 0. The Kier molecular flexibility index (Phi) is 6.89. The highest BCUT2D eigenvalue weighted by molar-refractivity contribution is 5.99. The lowest BCUT2D eigenvalue weighted by Crippen LogP contribution is -2.27. The summed E-state index contributed by atoms with van der Waals surface area (Å²) in [6.45, 7) is -0.155. The van der Waals surface area contributed by atoms with Crippen molar-refractivity contribution in [2.24, 2.45) is 0 Å². The van der Waals surface area contributed by atoms with Crippen LogP contribution in [-0.2, 0) is 4.79 Å². The van der Waals surface area contributed by atoms with Gasteiger partial charge in [-0.05, 0) is 36.4 Å². The molecule has 7 nitrogen and oxygen atoms in total. The Hall–Kier alpha value is -4.00. The normalized spacial score (nSPS) is 10.1. The Morgan fingerprint density at radius 1 is 0.800 bits per heavy atom. The van der Waals surface area contributed by atoms with Crippen LogP contribution in [-0.4, -0.2) is 37.5 Å². The van der Waals surface area contributed by atoms with Crippen molar-refractivity contribution < 1.29 is 19.1 Å². The van der Waals surface area contributed by atoms with Gasteiger partial charge in [0.15, 0.2) is 18.1 Å². The summed E-state index contributed by atoms with van der Waals surface area (Å²) in [4.78, 5) is 25.6. The van der Waals surface area contributed by atoms with E-state index in [1.807, 2.05) is 48.5 Å². The molecule has 2 N–H and O–H groups in total. The highest BCUT2D eigenvalue weighted by atomic mass is 16.5. The number of hydrogen-bond acceptors (Lipinski definition) is 4. The van der Waals surface area contributed by atoms with Crippen molar-refractivity contribution in [1.82, 2.24) is 4.90 Å². The first-order chi connectivity index (χ1) is 14.5. The van der Waals surface area contributed by atoms with E-state index in [4.69, 9.17) is 9.47 Å². The molecule has 0 bridgehead atoms. The van der Waals surface area contributed by atoms with Gasteiger partial charge in [0.1, 0.15) is 5.75 Å². The molecule has 0 fully saturated rings. The maximum Gasteiger partial charge on any atom is 0.323 e. The number of rotatable bonds is 7. The molecule has 0 unspecified atom stereocenters. The van der Waals surface area contributed by atoms with Crippen LogP contribution < -0.4 is 20.1 Å². The van der Waals surface area contributed by atoms with Gasteiger partial charge in [-0.25, -0.2) is 4.79 Å². The van der Waals surface area contributed by atoms with Crippen LogP contribution in [0.2, 0.25) is 0 Å². The Morgan fingerprint density at radius 2 is 1.43 bits per heavy atom. The van der Waals surface area contributed by atoms with E-state index in [2.05, 4.69) is 10.6 Å². The van der Waals surface area contributed by atoms with Crippen molar-refractivity contribution in [3.8, 4) is 17.2 Å². The molecule has 3 aromatic carbocycles. The maximum absolute atomic E-state index is 12.3. The summed E-state index contributed by atoms with van der Waals surface area (Å²) in [7, 11) is 3.30. The standard InChI is InChI=1S/C23H23N3O4/c1-26(2)22(27)16-29-21-15-18(25-23(28)24-17-9-5-3-6-10-17)13-14-20(21)30-19-11-7-4-8-12-19/h3-15H,16H2,1-2H3,(H2,24,25,28). The van der Waals surface area contributed by atoms with Crippen LogP contribution in [0, 0.1) is 0 Å². The van der Waals surface area contributed by atoms with Crippen molar-refractivity contribution >= 4 is 23.3 Å². The molecule has 0 aliphatic rings. The van der Waals surface area contributed by atoms with E-state index >= 15 is 0 Å². The highest BCUT2D eigenvalue weighted by Gasteiger charge is 2.13. The lowest BCUT2D eigenvalue weighted by atomic mass is 10.2. The quantitative estimate of drug-likeness (QED) is 0.603. The van der Waals surface area contributed by atoms with Gasteiger partial charge in [0.05, 0.1) is 0 Å². The molecule has 30 heavy (non-hydrogen) atoms. The molecule has 3 aromatic rings. The minimum absolute atomic E-state index is 0.155. The highest BCUT2D eigenvalue weighted by Crippen LogP contribution is 2.34. The lowest BCUT2D eigenvalue weighted by Gasteiger charge is -2.16. The SMILES string of the molecule is CN(C)C(=O)COc1cc(NC(=O)Nc2ccccc2)ccc1Oc1ccccc1. The van der Waals surface area contributed by atoms with Crippen LogP contribution in [0.4, 0.5) is 16.2 Å². The second-order valence-electron chi connectivity index (χ2n) is 6.60. The minimum atomic E-state index is -0.395. The number of nitrogens with one attached hydrogen (secondary N) is 2. The summed E-state index contributed by atoms with van der Waals surface area (Å²) in [5.41, 5.74) is 1.17. The summed E-state index contributed by atoms with van der Waals surface area (Å²) in [5, 5.41) is 5.50. The van der Waals surface area contributed by atoms with E-state index < -0.39 is 6.03 Å². The summed E-state index contributed by atoms with van der Waals surface area (Å²) in [6.07, 6.45) is 0. The van der Waals surface area contributed by atoms with Crippen LogP contribution in [0.15, 0.2) is 78.9 Å². The number of amides is 3. The van der Waals surface area contributed by atoms with E-state index in [0.717, 1.165) is 0 Å². The molecule has 0 aliphatic heterocycles. The van der Waals surface area contributed by atoms with E-state index in [9.17, 15) is 9.59 Å². The molecule has 0 aliphatic carbocycles. The minimum Gasteiger partial charge on any atom is -0.480 e. The molecule has 7 heteroatoms. The predicted octanol–water partition coefficient (Wildman–Crippen LogP) is 4.59. The topological polar surface area (TPSA) is 79.9 Å². The van der Waals surface area contributed by atoms with Crippen molar-refractivity contribution in [1.29, 1.82) is 0 Å². The zero-order chi connectivity index (χ0) is 21.3. The molecule has 0 heterocycles. The molecular formula is C23H23N3O4. The third-order valence-electron chi connectivity index (χ3n) is 4.05. The number of nitrogens with zero attached hydrogens (tertiary/aromatic N) is 1. The van der Waals surface area contributed by atoms with Crippen LogP contribution in [0.5, 0.6) is 17.2 Å². The molecular weight excluding hydrogens is 382 g/mol. The van der Waals surface area contributed by atoms with Crippen molar-refractivity contribution in [3.05, 3.63) is 78.9 Å². The van der Waals surface area contributed by atoms with E-state index in [0.29, 0.717) is 28.6 Å². The van der Waals surface area contributed by atoms with Crippen molar-refractivity contribution in [2.75, 3.05) is 31.3 Å². The van der Waals surface area contributed by atoms with Gasteiger partial charge in [0, 0.05) is 31.5 Å². The third-order valence-corrected chi connectivity index (χ3v) is 4.05. The second-order valence-corrected chi connectivity index (χ2v) is 6.60. The largest absolute Gasteiger partial charge is 0.480 e. The van der Waals surface area contributed by atoms with Crippen molar-refractivity contribution in [2.45, 2.75) is 0 Å². The summed E-state index contributed by atoms with van der Waals surface area (Å²) in [5.74, 6) is 1.21. The van der Waals surface area contributed by atoms with Crippen LogP contribution in [0.3, 0.4) is 0 Å². The average Bonchev–Trinajstić information content (AvgIpc) is 2.74. The summed E-state index contributed by atoms with van der Waals surface area (Å²) < 4.78 is 11.6. The zero-order valence-electron chi connectivity index (χ0n) is 16.8. The zero-order valence-corrected chi connectivity index (χ0v) is 16.8. The fraction of sp³-hybridized carbons (Fsp3) is 0.130. The molecule has 3 amide bonds. The van der Waals surface area contributed by atoms with Crippen LogP contribution in [0.25, 0.3) is 0 Å². The smallest absolute Gasteiger partial charge is 0.323 e. The number of hydrogen-bond donors (Lipinski definition) is 2. The lowest BCUT2D eigenvalue weighted by molar-refractivity contribution is -0.130. The Morgan fingerprint density at radius 3 is 2.10 bits per heavy atom.